The number of nitrogens with one attached hydrogen (secondary N) is 1. The highest BCUT2D eigenvalue weighted by molar-refractivity contribution is 7.92. The zero-order valence-corrected chi connectivity index (χ0v) is 17.0. The van der Waals surface area contributed by atoms with E-state index in [1.807, 2.05) is 18.6 Å². The molecule has 2 aromatic carbocycles. The first kappa shape index (κ1) is 22.0. The maximum atomic E-state index is 12.5. The number of hydrogen-bond acceptors (Lipinski definition) is 6. The van der Waals surface area contributed by atoms with Gasteiger partial charge in [0.05, 0.1) is 5.60 Å². The molecular weight excluding hydrogens is 404 g/mol. The van der Waals surface area contributed by atoms with Gasteiger partial charge in [-0.1, -0.05) is 38.1 Å². The number of nitrogens with two attached hydrogens (primary N) is 1. The lowest BCUT2D eigenvalue weighted by Gasteiger charge is -2.25. The molecule has 152 valence electrons. The van der Waals surface area contributed by atoms with Crippen LogP contribution in [0.15, 0.2) is 58.3 Å². The highest BCUT2D eigenvalue weighted by atomic mass is 32.2. The fraction of sp³-hybridized carbons (Fsp3) is 0.278. The lowest BCUT2D eigenvalue weighted by Crippen LogP contribution is -2.32. The van der Waals surface area contributed by atoms with E-state index >= 15 is 0 Å². The fourth-order valence-electron chi connectivity index (χ4n) is 2.73. The molecule has 10 heteroatoms. The lowest BCUT2D eigenvalue weighted by molar-refractivity contribution is 0.0283. The van der Waals surface area contributed by atoms with Crippen LogP contribution in [0.3, 0.4) is 0 Å². The summed E-state index contributed by atoms with van der Waals surface area (Å²) in [6.45, 7) is 3.67. The summed E-state index contributed by atoms with van der Waals surface area (Å²) in [5.41, 5.74) is -0.387. The van der Waals surface area contributed by atoms with Gasteiger partial charge < -0.3 is 5.11 Å². The molecule has 4 N–H and O–H groups in total. The van der Waals surface area contributed by atoms with Gasteiger partial charge in [0.1, 0.15) is 9.79 Å². The maximum Gasteiger partial charge on any atom is 0.265 e. The first-order valence-electron chi connectivity index (χ1n) is 8.46. The van der Waals surface area contributed by atoms with Crippen molar-refractivity contribution >= 4 is 26.0 Å². The molecule has 0 spiro atoms. The summed E-state index contributed by atoms with van der Waals surface area (Å²) < 4.78 is 50.1. The van der Waals surface area contributed by atoms with E-state index in [0.29, 0.717) is 18.4 Å². The predicted molar refractivity (Wildman–Crippen MR) is 103 cm³/mol. The van der Waals surface area contributed by atoms with Crippen LogP contribution in [0.4, 0.5) is 0 Å². The molecule has 28 heavy (non-hydrogen) atoms. The van der Waals surface area contributed by atoms with Crippen LogP contribution in [-0.4, -0.2) is 27.8 Å². The average Bonchev–Trinajstić information content (AvgIpc) is 2.66. The second-order valence-electron chi connectivity index (χ2n) is 6.24. The Balaban J connectivity index is 2.33. The van der Waals surface area contributed by atoms with Crippen molar-refractivity contribution in [3.63, 3.8) is 0 Å². The third-order valence-electron chi connectivity index (χ3n) is 4.53. The van der Waals surface area contributed by atoms with Gasteiger partial charge in [-0.25, -0.2) is 26.7 Å². The first-order chi connectivity index (χ1) is 12.9. The molecule has 0 radical (unpaired) electrons. The minimum atomic E-state index is -4.48. The molecule has 0 bridgehead atoms. The van der Waals surface area contributed by atoms with Gasteiger partial charge in [0, 0.05) is 5.56 Å². The molecule has 8 nitrogen and oxygen atoms in total. The smallest absolute Gasteiger partial charge is 0.265 e. The summed E-state index contributed by atoms with van der Waals surface area (Å²) in [5, 5.41) is 15.6. The van der Waals surface area contributed by atoms with E-state index in [1.54, 1.807) is 12.1 Å². The van der Waals surface area contributed by atoms with Gasteiger partial charge in [-0.15, -0.1) is 0 Å². The highest BCUT2D eigenvalue weighted by Crippen LogP contribution is 2.28. The number of hydrogen-bond donors (Lipinski definition) is 3. The van der Waals surface area contributed by atoms with E-state index in [4.69, 9.17) is 5.14 Å². The van der Waals surface area contributed by atoms with Crippen LogP contribution in [-0.2, 0) is 25.6 Å². The highest BCUT2D eigenvalue weighted by Gasteiger charge is 2.27. The number of sulfonamides is 2. The second kappa shape index (κ2) is 8.00. The molecule has 2 aromatic rings. The summed E-state index contributed by atoms with van der Waals surface area (Å²) in [4.78, 5) is 11.1. The van der Waals surface area contributed by atoms with E-state index in [0.717, 1.165) is 12.1 Å². The number of benzene rings is 2. The molecule has 0 saturated carbocycles. The van der Waals surface area contributed by atoms with E-state index in [-0.39, 0.29) is 5.56 Å². The molecule has 0 unspecified atom stereocenters. The summed E-state index contributed by atoms with van der Waals surface area (Å²) >= 11 is 0. The Morgan fingerprint density at radius 2 is 1.46 bits per heavy atom. The summed E-state index contributed by atoms with van der Waals surface area (Å²) in [6.07, 6.45) is 0.960. The zero-order chi connectivity index (χ0) is 21.2. The third-order valence-corrected chi connectivity index (χ3v) is 7.01. The standard InChI is InChI=1S/C18H22N2O6S2/c1-3-18(22,4-2)14-11-9-13(10-12-14)17(21)20-28(25,26)16-8-6-5-7-15(16)27(19,23)24/h5-12,22H,3-4H2,1-2H3,(H,20,21)(H2,19,23,24). The Kier molecular flexibility index (Phi) is 6.29. The van der Waals surface area contributed by atoms with Crippen molar-refractivity contribution in [1.82, 2.24) is 4.72 Å². The van der Waals surface area contributed by atoms with Gasteiger partial charge in [0.2, 0.25) is 10.0 Å². The summed E-state index contributed by atoms with van der Waals surface area (Å²) in [6, 6.07) is 10.6. The van der Waals surface area contributed by atoms with E-state index in [9.17, 15) is 26.7 Å². The molecule has 0 aliphatic carbocycles. The first-order valence-corrected chi connectivity index (χ1v) is 11.5. The fourth-order valence-corrected chi connectivity index (χ4v) is 5.09. The Morgan fingerprint density at radius 3 is 1.93 bits per heavy atom. The lowest BCUT2D eigenvalue weighted by atomic mass is 9.88. The van der Waals surface area contributed by atoms with Gasteiger partial charge in [0.15, 0.2) is 0 Å². The van der Waals surface area contributed by atoms with Gasteiger partial charge in [-0.3, -0.25) is 4.79 Å². The van der Waals surface area contributed by atoms with Crippen molar-refractivity contribution in [2.24, 2.45) is 5.14 Å². The Morgan fingerprint density at radius 1 is 0.964 bits per heavy atom. The SMILES string of the molecule is CCC(O)(CC)c1ccc(C(=O)NS(=O)(=O)c2ccccc2S(N)(=O)=O)cc1. The van der Waals surface area contributed by atoms with Crippen LogP contribution in [0.2, 0.25) is 0 Å². The normalized spacial score (nSPS) is 12.6. The Bertz CT molecular complexity index is 1070. The molecule has 2 rings (SSSR count). The Hall–Kier alpha value is -2.27. The number of rotatable bonds is 7. The van der Waals surface area contributed by atoms with E-state index in [1.165, 1.54) is 24.3 Å². The number of carbonyl (C=O) groups is 1. The molecular formula is C18H22N2O6S2. The Labute approximate surface area is 164 Å². The minimum Gasteiger partial charge on any atom is -0.385 e. The monoisotopic (exact) mass is 426 g/mol. The molecule has 0 aromatic heterocycles. The third kappa shape index (κ3) is 4.58. The number of amides is 1. The van der Waals surface area contributed by atoms with E-state index < -0.39 is 41.3 Å². The van der Waals surface area contributed by atoms with Crippen molar-refractivity contribution in [3.8, 4) is 0 Å². The van der Waals surface area contributed by atoms with E-state index in [2.05, 4.69) is 0 Å². The van der Waals surface area contributed by atoms with Gasteiger partial charge in [0.25, 0.3) is 15.9 Å². The van der Waals surface area contributed by atoms with Crippen molar-refractivity contribution in [2.75, 3.05) is 0 Å². The van der Waals surface area contributed by atoms with Crippen molar-refractivity contribution in [2.45, 2.75) is 42.1 Å². The molecule has 1 amide bonds. The van der Waals surface area contributed by atoms with Crippen LogP contribution < -0.4 is 9.86 Å². The second-order valence-corrected chi connectivity index (χ2v) is 9.42. The molecule has 0 aliphatic rings. The number of carbonyl (C=O) groups excluding carboxylic acids is 1. The van der Waals surface area contributed by atoms with Crippen molar-refractivity contribution in [1.29, 1.82) is 0 Å². The van der Waals surface area contributed by atoms with Crippen LogP contribution >= 0.6 is 0 Å². The molecule has 0 fully saturated rings. The van der Waals surface area contributed by atoms with Crippen LogP contribution in [0, 0.1) is 0 Å². The average molecular weight is 427 g/mol. The van der Waals surface area contributed by atoms with Crippen LogP contribution in [0.5, 0.6) is 0 Å². The van der Waals surface area contributed by atoms with Crippen molar-refractivity contribution < 1.29 is 26.7 Å². The quantitative estimate of drug-likeness (QED) is 0.611. The maximum absolute atomic E-state index is 12.5. The number of primary sulfonamides is 1. The number of aliphatic hydroxyl groups is 1. The molecule has 0 heterocycles. The predicted octanol–water partition coefficient (Wildman–Crippen LogP) is 1.46. The van der Waals surface area contributed by atoms with Gasteiger partial charge >= 0.3 is 0 Å². The van der Waals surface area contributed by atoms with Crippen LogP contribution in [0.1, 0.15) is 42.6 Å². The summed E-state index contributed by atoms with van der Waals surface area (Å²) in [5.74, 6) is -0.938. The zero-order valence-electron chi connectivity index (χ0n) is 15.4. The molecule has 0 saturated heterocycles. The minimum absolute atomic E-state index is 0.0370. The van der Waals surface area contributed by atoms with Gasteiger partial charge in [-0.2, -0.15) is 0 Å². The van der Waals surface area contributed by atoms with Crippen LogP contribution in [0.25, 0.3) is 0 Å². The van der Waals surface area contributed by atoms with Gasteiger partial charge in [-0.05, 0) is 42.7 Å². The molecule has 0 aliphatic heterocycles. The largest absolute Gasteiger partial charge is 0.385 e. The topological polar surface area (TPSA) is 144 Å². The molecule has 0 atom stereocenters. The summed E-state index contributed by atoms with van der Waals surface area (Å²) in [7, 11) is -8.78. The van der Waals surface area contributed by atoms with Crippen molar-refractivity contribution in [3.05, 3.63) is 59.7 Å².